The maximum Gasteiger partial charge on any atom is 0.253 e. The van der Waals surface area contributed by atoms with Crippen molar-refractivity contribution in [1.82, 2.24) is 10.3 Å². The lowest BCUT2D eigenvalue weighted by Gasteiger charge is -2.34. The Morgan fingerprint density at radius 2 is 1.87 bits per heavy atom. The molecule has 0 bridgehead atoms. The number of anilines is 1. The van der Waals surface area contributed by atoms with Gasteiger partial charge >= 0.3 is 0 Å². The van der Waals surface area contributed by atoms with Crippen molar-refractivity contribution in [3.05, 3.63) is 47.1 Å². The molecule has 0 radical (unpaired) electrons. The number of hydrogen-bond donors (Lipinski definition) is 1. The Labute approximate surface area is 191 Å². The molecule has 0 unspecified atom stereocenters. The fourth-order valence-corrected chi connectivity index (χ4v) is 3.40. The fourth-order valence-electron chi connectivity index (χ4n) is 3.11. The predicted molar refractivity (Wildman–Crippen MR) is 132 cm³/mol. The lowest BCUT2D eigenvalue weighted by Crippen LogP contribution is -2.39. The number of amides is 1. The zero-order chi connectivity index (χ0) is 23.4. The number of carbonyl (C=O) groups is 2. The summed E-state index contributed by atoms with van der Waals surface area (Å²) in [6.45, 7) is 13.4. The third-order valence-electron chi connectivity index (χ3n) is 4.86. The van der Waals surface area contributed by atoms with Crippen LogP contribution in [-0.4, -0.2) is 35.8 Å². The first-order valence-corrected chi connectivity index (χ1v) is 11.6. The van der Waals surface area contributed by atoms with Gasteiger partial charge in [-0.1, -0.05) is 51.4 Å². The van der Waals surface area contributed by atoms with Crippen LogP contribution in [0.5, 0.6) is 0 Å². The number of rotatable bonds is 7. The molecule has 0 aliphatic carbocycles. The van der Waals surface area contributed by atoms with Crippen molar-refractivity contribution in [1.29, 1.82) is 0 Å². The number of fused-ring (bicyclic) bond motifs is 1. The largest absolute Gasteiger partial charge is 0.370 e. The molecule has 170 valence electrons. The third kappa shape index (κ3) is 7.35. The standard InChI is InChI=1S/C21H24ClN3O2.2C2H6/c1-3-4-5-7-18(14(2)26)24-21(27)16-10-15-11-17(22)20(25-8-6-9-25)12-19(15)23-13-16;2*1-2/h3-4,10-13,18H,5-9H2,1-2H3,(H,24,27);2*1-2H3/b4-3-;;/t18-;;/m0../s1. The van der Waals surface area contributed by atoms with Gasteiger partial charge in [0.05, 0.1) is 27.8 Å². The Morgan fingerprint density at radius 3 is 2.42 bits per heavy atom. The maximum atomic E-state index is 12.6. The molecule has 0 saturated carbocycles. The van der Waals surface area contributed by atoms with Crippen molar-refractivity contribution < 1.29 is 9.59 Å². The zero-order valence-electron chi connectivity index (χ0n) is 19.7. The topological polar surface area (TPSA) is 62.3 Å². The molecule has 1 aromatic carbocycles. The highest BCUT2D eigenvalue weighted by Gasteiger charge is 2.20. The molecule has 1 aromatic heterocycles. The second kappa shape index (κ2) is 13.8. The highest BCUT2D eigenvalue weighted by molar-refractivity contribution is 6.34. The SMILES string of the molecule is C/C=C\CC[C@H](NC(=O)c1cnc2cc(N3CCC3)c(Cl)cc2c1)C(C)=O.CC.CC. The highest BCUT2D eigenvalue weighted by atomic mass is 35.5. The lowest BCUT2D eigenvalue weighted by atomic mass is 10.1. The van der Waals surface area contributed by atoms with Crippen molar-refractivity contribution in [2.75, 3.05) is 18.0 Å². The molecule has 5 nitrogen and oxygen atoms in total. The molecule has 2 heterocycles. The Kier molecular flexibility index (Phi) is 11.9. The smallest absolute Gasteiger partial charge is 0.253 e. The normalized spacial score (nSPS) is 13.5. The van der Waals surface area contributed by atoms with Crippen LogP contribution in [0, 0.1) is 0 Å². The van der Waals surface area contributed by atoms with Gasteiger partial charge in [0.1, 0.15) is 0 Å². The summed E-state index contributed by atoms with van der Waals surface area (Å²) in [6.07, 6.45) is 7.96. The molecular formula is C25H36ClN3O2. The van der Waals surface area contributed by atoms with Crippen LogP contribution < -0.4 is 10.2 Å². The Bertz CT molecular complexity index is 892. The van der Waals surface area contributed by atoms with Crippen LogP contribution >= 0.6 is 11.6 Å². The van der Waals surface area contributed by atoms with Gasteiger partial charge in [0.15, 0.2) is 5.78 Å². The van der Waals surface area contributed by atoms with Crippen LogP contribution in [0.4, 0.5) is 5.69 Å². The van der Waals surface area contributed by atoms with Gasteiger partial charge < -0.3 is 10.2 Å². The first-order chi connectivity index (χ1) is 15.0. The monoisotopic (exact) mass is 445 g/mol. The minimum absolute atomic E-state index is 0.0520. The van der Waals surface area contributed by atoms with Crippen LogP contribution in [0.15, 0.2) is 36.5 Å². The van der Waals surface area contributed by atoms with Crippen LogP contribution in [0.25, 0.3) is 10.9 Å². The van der Waals surface area contributed by atoms with Crippen molar-refractivity contribution >= 4 is 39.9 Å². The maximum absolute atomic E-state index is 12.6. The Morgan fingerprint density at radius 1 is 1.19 bits per heavy atom. The Hall–Kier alpha value is -2.40. The summed E-state index contributed by atoms with van der Waals surface area (Å²) in [4.78, 5) is 31.1. The number of hydrogen-bond acceptors (Lipinski definition) is 4. The van der Waals surface area contributed by atoms with Gasteiger partial charge in [0.25, 0.3) is 5.91 Å². The van der Waals surface area contributed by atoms with Crippen molar-refractivity contribution in [2.24, 2.45) is 0 Å². The van der Waals surface area contributed by atoms with E-state index in [2.05, 4.69) is 15.2 Å². The molecule has 3 rings (SSSR count). The van der Waals surface area contributed by atoms with E-state index in [1.54, 1.807) is 12.3 Å². The molecule has 2 aromatic rings. The van der Waals surface area contributed by atoms with Gasteiger partial charge in [-0.3, -0.25) is 14.6 Å². The summed E-state index contributed by atoms with van der Waals surface area (Å²) in [5, 5.41) is 4.29. The van der Waals surface area contributed by atoms with Gasteiger partial charge in [-0.05, 0) is 51.3 Å². The Balaban J connectivity index is 0.00000113. The number of Topliss-reactive ketones (excluding diaryl/α,β-unsaturated/α-hetero) is 1. The number of pyridine rings is 1. The molecule has 1 amide bonds. The summed E-state index contributed by atoms with van der Waals surface area (Å²) in [7, 11) is 0. The minimum Gasteiger partial charge on any atom is -0.370 e. The second-order valence-corrected chi connectivity index (χ2v) is 7.25. The van der Waals surface area contributed by atoms with E-state index in [0.29, 0.717) is 17.0 Å². The van der Waals surface area contributed by atoms with E-state index in [-0.39, 0.29) is 11.7 Å². The molecule has 1 aliphatic rings. The quantitative estimate of drug-likeness (QED) is 0.515. The molecule has 1 aliphatic heterocycles. The van der Waals surface area contributed by atoms with Gasteiger partial charge in [0.2, 0.25) is 0 Å². The molecule has 1 saturated heterocycles. The third-order valence-corrected chi connectivity index (χ3v) is 5.17. The predicted octanol–water partition coefficient (Wildman–Crippen LogP) is 6.19. The average molecular weight is 446 g/mol. The van der Waals surface area contributed by atoms with Crippen molar-refractivity contribution in [3.63, 3.8) is 0 Å². The van der Waals surface area contributed by atoms with Crippen LogP contribution in [-0.2, 0) is 4.79 Å². The summed E-state index contributed by atoms with van der Waals surface area (Å²) in [5.74, 6) is -0.350. The summed E-state index contributed by atoms with van der Waals surface area (Å²) in [6, 6.07) is 5.09. The van der Waals surface area contributed by atoms with Crippen molar-refractivity contribution in [2.45, 2.75) is 66.8 Å². The van der Waals surface area contributed by atoms with E-state index in [1.807, 2.05) is 58.9 Å². The highest BCUT2D eigenvalue weighted by Crippen LogP contribution is 2.33. The van der Waals surface area contributed by atoms with E-state index >= 15 is 0 Å². The van der Waals surface area contributed by atoms with E-state index in [4.69, 9.17) is 11.6 Å². The van der Waals surface area contributed by atoms with Gasteiger partial charge in [0, 0.05) is 24.7 Å². The van der Waals surface area contributed by atoms with Gasteiger partial charge in [-0.25, -0.2) is 0 Å². The number of benzene rings is 1. The average Bonchev–Trinajstić information content (AvgIpc) is 2.74. The lowest BCUT2D eigenvalue weighted by molar-refractivity contribution is -0.118. The van der Waals surface area contributed by atoms with Gasteiger partial charge in [-0.2, -0.15) is 0 Å². The molecule has 31 heavy (non-hydrogen) atoms. The first-order valence-electron chi connectivity index (χ1n) is 11.3. The molecule has 6 heteroatoms. The van der Waals surface area contributed by atoms with E-state index < -0.39 is 6.04 Å². The molecular weight excluding hydrogens is 410 g/mol. The number of nitrogens with one attached hydrogen (secondary N) is 1. The number of aromatic nitrogens is 1. The minimum atomic E-state index is -0.498. The first kappa shape index (κ1) is 26.6. The number of ketones is 1. The fraction of sp³-hybridized carbons (Fsp3) is 0.480. The van der Waals surface area contributed by atoms with Crippen LogP contribution in [0.2, 0.25) is 5.02 Å². The van der Waals surface area contributed by atoms with Gasteiger partial charge in [-0.15, -0.1) is 0 Å². The summed E-state index contributed by atoms with van der Waals surface area (Å²) in [5.41, 5.74) is 2.21. The summed E-state index contributed by atoms with van der Waals surface area (Å²) < 4.78 is 0. The van der Waals surface area contributed by atoms with Crippen LogP contribution in [0.1, 0.15) is 71.2 Å². The molecule has 1 fully saturated rings. The van der Waals surface area contributed by atoms with E-state index in [9.17, 15) is 9.59 Å². The molecule has 0 spiro atoms. The molecule has 1 N–H and O–H groups in total. The second-order valence-electron chi connectivity index (χ2n) is 6.84. The van der Waals surface area contributed by atoms with Crippen LogP contribution in [0.3, 0.4) is 0 Å². The number of nitrogens with zero attached hydrogens (tertiary/aromatic N) is 2. The summed E-state index contributed by atoms with van der Waals surface area (Å²) >= 11 is 6.42. The number of halogens is 1. The van der Waals surface area contributed by atoms with Crippen molar-refractivity contribution in [3.8, 4) is 0 Å². The number of carbonyl (C=O) groups excluding carboxylic acids is 2. The zero-order valence-corrected chi connectivity index (χ0v) is 20.4. The van der Waals surface area contributed by atoms with E-state index in [1.165, 1.54) is 13.3 Å². The molecule has 1 atom stereocenters. The number of allylic oxidation sites excluding steroid dienone is 2. The van der Waals surface area contributed by atoms with E-state index in [0.717, 1.165) is 36.1 Å².